The van der Waals surface area contributed by atoms with Crippen LogP contribution < -0.4 is 0 Å². The Hall–Kier alpha value is -0.700. The van der Waals surface area contributed by atoms with Crippen LogP contribution in [0.2, 0.25) is 0 Å². The fraction of sp³-hybridized carbons (Fsp3) is 0.778. The van der Waals surface area contributed by atoms with Crippen molar-refractivity contribution in [2.45, 2.75) is 33.2 Å². The number of nitrogens with zero attached hydrogens (tertiary/aromatic N) is 2. The van der Waals surface area contributed by atoms with E-state index in [1.165, 1.54) is 0 Å². The minimum atomic E-state index is 0.160. The lowest BCUT2D eigenvalue weighted by Gasteiger charge is -2.32. The molecule has 12 heavy (non-hydrogen) atoms. The summed E-state index contributed by atoms with van der Waals surface area (Å²) >= 11 is 0. The van der Waals surface area contributed by atoms with Gasteiger partial charge < -0.3 is 14.5 Å². The number of ether oxygens (including phenoxy) is 1. The summed E-state index contributed by atoms with van der Waals surface area (Å²) in [5.74, 6) is 0. The lowest BCUT2D eigenvalue weighted by molar-refractivity contribution is -0.0261. The smallest absolute Gasteiger partial charge is 0.128 e. The maximum atomic E-state index is 5.25. The van der Waals surface area contributed by atoms with Gasteiger partial charge in [0.05, 0.1) is 0 Å². The predicted octanol–water partition coefficient (Wildman–Crippen LogP) is 1.43. The van der Waals surface area contributed by atoms with Gasteiger partial charge in [0, 0.05) is 26.1 Å². The van der Waals surface area contributed by atoms with Gasteiger partial charge in [-0.05, 0) is 20.8 Å². The zero-order valence-electron chi connectivity index (χ0n) is 8.32. The van der Waals surface area contributed by atoms with E-state index in [1.54, 1.807) is 7.11 Å². The molecule has 0 spiro atoms. The molecule has 3 heteroatoms. The van der Waals surface area contributed by atoms with Gasteiger partial charge in [0.1, 0.15) is 12.4 Å². The van der Waals surface area contributed by atoms with Gasteiger partial charge in [-0.15, -0.1) is 0 Å². The Balaban J connectivity index is 2.55. The molecule has 70 valence electrons. The highest BCUT2D eigenvalue weighted by atomic mass is 16.5. The number of methoxy groups -OCH3 is 1. The largest absolute Gasteiger partial charge is 0.362 e. The van der Waals surface area contributed by atoms with Crippen molar-refractivity contribution in [1.29, 1.82) is 0 Å². The van der Waals surface area contributed by atoms with Crippen LogP contribution in [0.4, 0.5) is 0 Å². The first-order chi connectivity index (χ1) is 5.70. The second-order valence-corrected chi connectivity index (χ2v) is 3.04. The molecule has 2 unspecified atom stereocenters. The molecule has 1 aliphatic heterocycles. The Morgan fingerprint density at radius 1 is 1.50 bits per heavy atom. The highest BCUT2D eigenvalue weighted by molar-refractivity contribution is 4.95. The van der Waals surface area contributed by atoms with Crippen LogP contribution >= 0.6 is 0 Å². The molecule has 0 radical (unpaired) electrons. The van der Waals surface area contributed by atoms with E-state index in [9.17, 15) is 0 Å². The van der Waals surface area contributed by atoms with Gasteiger partial charge in [0.25, 0.3) is 0 Å². The van der Waals surface area contributed by atoms with E-state index in [1.807, 2.05) is 0 Å². The van der Waals surface area contributed by atoms with Gasteiger partial charge in [-0.1, -0.05) is 0 Å². The fourth-order valence-corrected chi connectivity index (χ4v) is 1.50. The molecule has 0 fully saturated rings. The molecule has 3 nitrogen and oxygen atoms in total. The summed E-state index contributed by atoms with van der Waals surface area (Å²) in [4.78, 5) is 4.47. The third-order valence-electron chi connectivity index (χ3n) is 2.47. The van der Waals surface area contributed by atoms with Crippen molar-refractivity contribution in [3.8, 4) is 0 Å². The van der Waals surface area contributed by atoms with Gasteiger partial charge in [-0.2, -0.15) is 0 Å². The molecule has 0 saturated carbocycles. The quantitative estimate of drug-likeness (QED) is 0.637. The molecule has 0 saturated heterocycles. The standard InChI is InChI=1S/C9H18N2O/c1-5-10-6-7-11(8(10)2)9(3)12-4/h6-9H,5H2,1-4H3. The average molecular weight is 170 g/mol. The summed E-state index contributed by atoms with van der Waals surface area (Å²) in [6, 6.07) is 0. The van der Waals surface area contributed by atoms with E-state index in [4.69, 9.17) is 4.74 Å². The van der Waals surface area contributed by atoms with Gasteiger partial charge in [0.2, 0.25) is 0 Å². The summed E-state index contributed by atoms with van der Waals surface area (Å²) in [5, 5.41) is 0. The fourth-order valence-electron chi connectivity index (χ4n) is 1.50. The van der Waals surface area contributed by atoms with Crippen molar-refractivity contribution in [2.75, 3.05) is 13.7 Å². The number of rotatable bonds is 3. The van der Waals surface area contributed by atoms with Crippen molar-refractivity contribution >= 4 is 0 Å². The van der Waals surface area contributed by atoms with Crippen molar-refractivity contribution in [1.82, 2.24) is 9.80 Å². The van der Waals surface area contributed by atoms with Crippen LogP contribution in [0.15, 0.2) is 12.4 Å². The Kier molecular flexibility index (Phi) is 2.98. The third kappa shape index (κ3) is 1.55. The van der Waals surface area contributed by atoms with Gasteiger partial charge in [0.15, 0.2) is 0 Å². The van der Waals surface area contributed by atoms with E-state index in [0.717, 1.165) is 6.54 Å². The molecule has 1 rings (SSSR count). The molecule has 1 heterocycles. The first-order valence-electron chi connectivity index (χ1n) is 4.45. The second-order valence-electron chi connectivity index (χ2n) is 3.04. The van der Waals surface area contributed by atoms with Crippen molar-refractivity contribution in [3.05, 3.63) is 12.4 Å². The molecular formula is C9H18N2O. The summed E-state index contributed by atoms with van der Waals surface area (Å²) in [6.45, 7) is 7.44. The van der Waals surface area contributed by atoms with Crippen molar-refractivity contribution in [2.24, 2.45) is 0 Å². The maximum absolute atomic E-state index is 5.25. The Bertz CT molecular complexity index is 170. The topological polar surface area (TPSA) is 15.7 Å². The molecule has 0 aromatic heterocycles. The van der Waals surface area contributed by atoms with E-state index in [2.05, 4.69) is 43.0 Å². The van der Waals surface area contributed by atoms with Crippen LogP contribution in [-0.4, -0.2) is 35.8 Å². The summed E-state index contributed by atoms with van der Waals surface area (Å²) in [5.41, 5.74) is 0. The lowest BCUT2D eigenvalue weighted by atomic mass is 10.4. The Morgan fingerprint density at radius 3 is 2.58 bits per heavy atom. The Morgan fingerprint density at radius 2 is 2.17 bits per heavy atom. The molecule has 0 aromatic rings. The number of hydrogen-bond acceptors (Lipinski definition) is 3. The SMILES string of the molecule is CCN1C=CN(C(C)OC)C1C. The van der Waals surface area contributed by atoms with E-state index >= 15 is 0 Å². The van der Waals surface area contributed by atoms with Gasteiger partial charge >= 0.3 is 0 Å². The molecular weight excluding hydrogens is 152 g/mol. The van der Waals surface area contributed by atoms with E-state index < -0.39 is 0 Å². The zero-order chi connectivity index (χ0) is 9.14. The minimum Gasteiger partial charge on any atom is -0.362 e. The molecule has 0 amide bonds. The molecule has 0 aromatic carbocycles. The highest BCUT2D eigenvalue weighted by Gasteiger charge is 2.23. The van der Waals surface area contributed by atoms with E-state index in [-0.39, 0.29) is 6.23 Å². The van der Waals surface area contributed by atoms with Gasteiger partial charge in [-0.3, -0.25) is 0 Å². The normalized spacial score (nSPS) is 25.2. The van der Waals surface area contributed by atoms with Crippen LogP contribution in [0.3, 0.4) is 0 Å². The van der Waals surface area contributed by atoms with Gasteiger partial charge in [-0.25, -0.2) is 0 Å². The zero-order valence-corrected chi connectivity index (χ0v) is 8.32. The van der Waals surface area contributed by atoms with Crippen LogP contribution in [0, 0.1) is 0 Å². The third-order valence-corrected chi connectivity index (χ3v) is 2.47. The molecule has 0 bridgehead atoms. The maximum Gasteiger partial charge on any atom is 0.128 e. The molecule has 0 aliphatic carbocycles. The minimum absolute atomic E-state index is 0.160. The number of hydrogen-bond donors (Lipinski definition) is 0. The summed E-state index contributed by atoms with van der Waals surface area (Å²) < 4.78 is 5.25. The highest BCUT2D eigenvalue weighted by Crippen LogP contribution is 2.17. The molecule has 0 N–H and O–H groups in total. The van der Waals surface area contributed by atoms with Crippen LogP contribution in [-0.2, 0) is 4.74 Å². The second kappa shape index (κ2) is 3.81. The first kappa shape index (κ1) is 9.39. The molecule has 1 aliphatic rings. The molecule has 2 atom stereocenters. The predicted molar refractivity (Wildman–Crippen MR) is 49.3 cm³/mol. The average Bonchev–Trinajstić information content (AvgIpc) is 2.45. The van der Waals surface area contributed by atoms with E-state index in [0.29, 0.717) is 6.17 Å². The Labute approximate surface area is 74.6 Å². The first-order valence-corrected chi connectivity index (χ1v) is 4.45. The van der Waals surface area contributed by atoms with Crippen LogP contribution in [0.25, 0.3) is 0 Å². The summed E-state index contributed by atoms with van der Waals surface area (Å²) in [7, 11) is 1.74. The van der Waals surface area contributed by atoms with Crippen LogP contribution in [0.5, 0.6) is 0 Å². The lowest BCUT2D eigenvalue weighted by Crippen LogP contribution is -2.41. The van der Waals surface area contributed by atoms with Crippen LogP contribution in [0.1, 0.15) is 20.8 Å². The monoisotopic (exact) mass is 170 g/mol. The van der Waals surface area contributed by atoms with Crippen molar-refractivity contribution < 1.29 is 4.74 Å². The summed E-state index contributed by atoms with van der Waals surface area (Å²) in [6.07, 6.45) is 4.78. The van der Waals surface area contributed by atoms with Crippen molar-refractivity contribution in [3.63, 3.8) is 0 Å².